The first-order valence-electron chi connectivity index (χ1n) is 8.01. The number of ether oxygens (including phenoxy) is 1. The molecule has 0 atom stereocenters. The minimum absolute atomic E-state index is 0.164. The van der Waals surface area contributed by atoms with E-state index < -0.39 is 0 Å². The predicted molar refractivity (Wildman–Crippen MR) is 78.8 cm³/mol. The van der Waals surface area contributed by atoms with Crippen molar-refractivity contribution in [3.63, 3.8) is 0 Å². The maximum atomic E-state index is 6.51. The van der Waals surface area contributed by atoms with E-state index in [2.05, 4.69) is 9.97 Å². The molecule has 110 valence electrons. The third-order valence-corrected chi connectivity index (χ3v) is 4.68. The van der Waals surface area contributed by atoms with Crippen LogP contribution < -0.4 is 10.5 Å². The van der Waals surface area contributed by atoms with Crippen LogP contribution in [0.3, 0.4) is 0 Å². The topological polar surface area (TPSA) is 61.0 Å². The standard InChI is InChI=1S/C16H25N3O/c17-16(9-5-1-2-6-10-16)11-20-15-13-7-3-4-8-14(13)18-12-19-15/h12H,1-11,17H2. The number of fused-ring (bicyclic) bond motifs is 1. The number of rotatable bonds is 3. The third-order valence-electron chi connectivity index (χ3n) is 4.68. The van der Waals surface area contributed by atoms with E-state index in [9.17, 15) is 0 Å². The van der Waals surface area contributed by atoms with Gasteiger partial charge in [0.15, 0.2) is 0 Å². The molecule has 2 aliphatic carbocycles. The molecule has 1 saturated carbocycles. The molecule has 1 heterocycles. The summed E-state index contributed by atoms with van der Waals surface area (Å²) in [5, 5.41) is 0. The fraction of sp³-hybridized carbons (Fsp3) is 0.750. The van der Waals surface area contributed by atoms with Crippen molar-refractivity contribution in [1.29, 1.82) is 0 Å². The predicted octanol–water partition coefficient (Wildman–Crippen LogP) is 2.79. The van der Waals surface area contributed by atoms with E-state index in [1.54, 1.807) is 6.33 Å². The summed E-state index contributed by atoms with van der Waals surface area (Å²) in [5.74, 6) is 0.781. The number of hydrogen-bond donors (Lipinski definition) is 1. The lowest BCUT2D eigenvalue weighted by atomic mass is 9.92. The first-order valence-corrected chi connectivity index (χ1v) is 8.01. The highest BCUT2D eigenvalue weighted by atomic mass is 16.5. The molecule has 0 aliphatic heterocycles. The van der Waals surface area contributed by atoms with Gasteiger partial charge >= 0.3 is 0 Å². The fourth-order valence-electron chi connectivity index (χ4n) is 3.40. The van der Waals surface area contributed by atoms with Gasteiger partial charge in [-0.05, 0) is 38.5 Å². The highest BCUT2D eigenvalue weighted by Gasteiger charge is 2.28. The first-order chi connectivity index (χ1) is 9.77. The monoisotopic (exact) mass is 275 g/mol. The molecule has 1 aromatic rings. The van der Waals surface area contributed by atoms with Crippen LogP contribution in [0.2, 0.25) is 0 Å². The van der Waals surface area contributed by atoms with Crippen LogP contribution in [0.15, 0.2) is 6.33 Å². The van der Waals surface area contributed by atoms with Gasteiger partial charge in [0.1, 0.15) is 12.9 Å². The highest BCUT2D eigenvalue weighted by molar-refractivity contribution is 5.31. The fourth-order valence-corrected chi connectivity index (χ4v) is 3.40. The Labute approximate surface area is 121 Å². The summed E-state index contributed by atoms with van der Waals surface area (Å²) >= 11 is 0. The summed E-state index contributed by atoms with van der Waals surface area (Å²) in [6, 6.07) is 0. The van der Waals surface area contributed by atoms with E-state index in [0.29, 0.717) is 6.61 Å². The largest absolute Gasteiger partial charge is 0.475 e. The molecule has 0 saturated heterocycles. The van der Waals surface area contributed by atoms with E-state index in [1.165, 1.54) is 49.8 Å². The molecule has 4 nitrogen and oxygen atoms in total. The minimum Gasteiger partial charge on any atom is -0.475 e. The van der Waals surface area contributed by atoms with Crippen molar-refractivity contribution in [2.24, 2.45) is 5.73 Å². The lowest BCUT2D eigenvalue weighted by Gasteiger charge is -2.28. The second-order valence-electron chi connectivity index (χ2n) is 6.38. The zero-order chi connectivity index (χ0) is 13.8. The van der Waals surface area contributed by atoms with Crippen molar-refractivity contribution in [3.05, 3.63) is 17.6 Å². The van der Waals surface area contributed by atoms with Crippen LogP contribution in [0.4, 0.5) is 0 Å². The summed E-state index contributed by atoms with van der Waals surface area (Å²) in [6.07, 6.45) is 13.4. The second-order valence-corrected chi connectivity index (χ2v) is 6.38. The number of hydrogen-bond acceptors (Lipinski definition) is 4. The molecule has 3 rings (SSSR count). The molecule has 0 unspecified atom stereocenters. The zero-order valence-electron chi connectivity index (χ0n) is 12.2. The number of nitrogens with two attached hydrogens (primary N) is 1. The van der Waals surface area contributed by atoms with Crippen LogP contribution in [-0.2, 0) is 12.8 Å². The van der Waals surface area contributed by atoms with Crippen LogP contribution in [0, 0.1) is 0 Å². The number of nitrogens with zero attached hydrogens (tertiary/aromatic N) is 2. The van der Waals surface area contributed by atoms with Crippen LogP contribution in [-0.4, -0.2) is 22.1 Å². The Balaban J connectivity index is 1.68. The van der Waals surface area contributed by atoms with Gasteiger partial charge in [-0.3, -0.25) is 0 Å². The molecule has 0 spiro atoms. The van der Waals surface area contributed by atoms with Crippen molar-refractivity contribution in [3.8, 4) is 5.88 Å². The van der Waals surface area contributed by atoms with Gasteiger partial charge in [0.05, 0.1) is 11.2 Å². The molecular weight excluding hydrogens is 250 g/mol. The maximum Gasteiger partial charge on any atom is 0.219 e. The Bertz CT molecular complexity index is 453. The summed E-state index contributed by atoms with van der Waals surface area (Å²) in [4.78, 5) is 8.73. The molecule has 2 N–H and O–H groups in total. The van der Waals surface area contributed by atoms with E-state index in [4.69, 9.17) is 10.5 Å². The Morgan fingerprint density at radius 1 is 1.00 bits per heavy atom. The number of aryl methyl sites for hydroxylation is 1. The van der Waals surface area contributed by atoms with Crippen molar-refractivity contribution >= 4 is 0 Å². The average Bonchev–Trinajstić information content (AvgIpc) is 2.70. The molecule has 0 radical (unpaired) electrons. The molecule has 0 amide bonds. The molecule has 4 heteroatoms. The summed E-state index contributed by atoms with van der Waals surface area (Å²) < 4.78 is 6.03. The van der Waals surface area contributed by atoms with Crippen LogP contribution in [0.1, 0.15) is 62.6 Å². The molecule has 0 aromatic carbocycles. The van der Waals surface area contributed by atoms with Crippen molar-refractivity contribution in [1.82, 2.24) is 9.97 Å². The quantitative estimate of drug-likeness (QED) is 0.862. The second kappa shape index (κ2) is 6.08. The molecule has 1 aromatic heterocycles. The van der Waals surface area contributed by atoms with Crippen molar-refractivity contribution < 1.29 is 4.74 Å². The van der Waals surface area contributed by atoms with Crippen LogP contribution in [0.5, 0.6) is 5.88 Å². The van der Waals surface area contributed by atoms with Gasteiger partial charge in [0.2, 0.25) is 5.88 Å². The van der Waals surface area contributed by atoms with Gasteiger partial charge in [-0.25, -0.2) is 9.97 Å². The van der Waals surface area contributed by atoms with Crippen molar-refractivity contribution in [2.75, 3.05) is 6.61 Å². The smallest absolute Gasteiger partial charge is 0.219 e. The molecule has 20 heavy (non-hydrogen) atoms. The van der Waals surface area contributed by atoms with Gasteiger partial charge in [-0.1, -0.05) is 25.7 Å². The van der Waals surface area contributed by atoms with Crippen LogP contribution in [0.25, 0.3) is 0 Å². The van der Waals surface area contributed by atoms with E-state index in [1.807, 2.05) is 0 Å². The van der Waals surface area contributed by atoms with Gasteiger partial charge < -0.3 is 10.5 Å². The Hall–Kier alpha value is -1.16. The van der Waals surface area contributed by atoms with E-state index in [-0.39, 0.29) is 5.54 Å². The average molecular weight is 275 g/mol. The van der Waals surface area contributed by atoms with Gasteiger partial charge in [-0.2, -0.15) is 0 Å². The Morgan fingerprint density at radius 3 is 2.55 bits per heavy atom. The third kappa shape index (κ3) is 3.11. The van der Waals surface area contributed by atoms with Gasteiger partial charge in [-0.15, -0.1) is 0 Å². The molecule has 0 bridgehead atoms. The number of aromatic nitrogens is 2. The Kier molecular flexibility index (Phi) is 4.20. The zero-order valence-corrected chi connectivity index (χ0v) is 12.2. The molecular formula is C16H25N3O. The maximum absolute atomic E-state index is 6.51. The van der Waals surface area contributed by atoms with Gasteiger partial charge in [0.25, 0.3) is 0 Å². The van der Waals surface area contributed by atoms with Gasteiger partial charge in [0, 0.05) is 5.56 Å². The summed E-state index contributed by atoms with van der Waals surface area (Å²) in [7, 11) is 0. The highest BCUT2D eigenvalue weighted by Crippen LogP contribution is 2.29. The van der Waals surface area contributed by atoms with Crippen molar-refractivity contribution in [2.45, 2.75) is 69.7 Å². The first kappa shape index (κ1) is 13.8. The molecule has 1 fully saturated rings. The normalized spacial score (nSPS) is 21.9. The summed E-state index contributed by atoms with van der Waals surface area (Å²) in [6.45, 7) is 0.594. The van der Waals surface area contributed by atoms with Crippen LogP contribution >= 0.6 is 0 Å². The minimum atomic E-state index is -0.164. The SMILES string of the molecule is NC1(COc2ncnc3c2CCCC3)CCCCCC1. The lowest BCUT2D eigenvalue weighted by molar-refractivity contribution is 0.191. The molecule has 2 aliphatic rings. The lowest BCUT2D eigenvalue weighted by Crippen LogP contribution is -2.45. The Morgan fingerprint density at radius 2 is 1.75 bits per heavy atom. The van der Waals surface area contributed by atoms with E-state index in [0.717, 1.165) is 31.6 Å². The van der Waals surface area contributed by atoms with E-state index >= 15 is 0 Å². The summed E-state index contributed by atoms with van der Waals surface area (Å²) in [5.41, 5.74) is 8.74.